The predicted molar refractivity (Wildman–Crippen MR) is 60.5 cm³/mol. The minimum atomic E-state index is -0.430. The Morgan fingerprint density at radius 1 is 1.41 bits per heavy atom. The number of rotatable bonds is 2. The predicted octanol–water partition coefficient (Wildman–Crippen LogP) is 1.17. The Balaban J connectivity index is 2.61. The Morgan fingerprint density at radius 3 is 2.82 bits per heavy atom. The minimum absolute atomic E-state index is 0.238. The van der Waals surface area contributed by atoms with Crippen LogP contribution >= 0.6 is 0 Å². The second-order valence-corrected chi connectivity index (χ2v) is 3.64. The van der Waals surface area contributed by atoms with Crippen molar-refractivity contribution in [3.8, 4) is 5.69 Å². The lowest BCUT2D eigenvalue weighted by molar-refractivity contribution is 0.279. The molecule has 5 heteroatoms. The van der Waals surface area contributed by atoms with Crippen LogP contribution in [0.5, 0.6) is 0 Å². The third-order valence-electron chi connectivity index (χ3n) is 2.44. The average Bonchev–Trinajstić information content (AvgIpc) is 2.31. The molecule has 1 heterocycles. The van der Waals surface area contributed by atoms with Crippen LogP contribution in [0, 0.1) is 12.7 Å². The third-order valence-corrected chi connectivity index (χ3v) is 2.44. The summed E-state index contributed by atoms with van der Waals surface area (Å²) in [7, 11) is 0. The van der Waals surface area contributed by atoms with E-state index in [0.29, 0.717) is 16.9 Å². The molecule has 17 heavy (non-hydrogen) atoms. The molecule has 0 saturated carbocycles. The standard InChI is InChI=1S/C12H11FN2O2/c1-8-9(7-16)5-12(17)15(14-8)11-4-2-3-10(13)6-11/h2-6,16H,7H2,1H3. The summed E-state index contributed by atoms with van der Waals surface area (Å²) in [4.78, 5) is 11.7. The van der Waals surface area contributed by atoms with Crippen molar-refractivity contribution in [2.75, 3.05) is 0 Å². The SMILES string of the molecule is Cc1nn(-c2cccc(F)c2)c(=O)cc1CO. The maximum Gasteiger partial charge on any atom is 0.271 e. The molecule has 0 atom stereocenters. The molecule has 1 aromatic carbocycles. The smallest absolute Gasteiger partial charge is 0.271 e. The van der Waals surface area contributed by atoms with Crippen LogP contribution < -0.4 is 5.56 Å². The second-order valence-electron chi connectivity index (χ2n) is 3.64. The summed E-state index contributed by atoms with van der Waals surface area (Å²) < 4.78 is 14.2. The van der Waals surface area contributed by atoms with Crippen molar-refractivity contribution in [3.63, 3.8) is 0 Å². The van der Waals surface area contributed by atoms with Crippen molar-refractivity contribution < 1.29 is 9.50 Å². The topological polar surface area (TPSA) is 55.1 Å². The highest BCUT2D eigenvalue weighted by Crippen LogP contribution is 2.08. The van der Waals surface area contributed by atoms with Gasteiger partial charge in [0.25, 0.3) is 5.56 Å². The maximum atomic E-state index is 13.0. The summed E-state index contributed by atoms with van der Waals surface area (Å²) in [5.41, 5.74) is 0.979. The first-order chi connectivity index (χ1) is 8.11. The summed E-state index contributed by atoms with van der Waals surface area (Å²) in [6.45, 7) is 1.44. The molecule has 0 amide bonds. The normalized spacial score (nSPS) is 10.5. The van der Waals surface area contributed by atoms with Gasteiger partial charge in [0.2, 0.25) is 0 Å². The van der Waals surface area contributed by atoms with Crippen LogP contribution in [0.3, 0.4) is 0 Å². The van der Waals surface area contributed by atoms with E-state index >= 15 is 0 Å². The van der Waals surface area contributed by atoms with Gasteiger partial charge in [0, 0.05) is 11.6 Å². The van der Waals surface area contributed by atoms with E-state index in [4.69, 9.17) is 5.11 Å². The molecular formula is C12H11FN2O2. The lowest BCUT2D eigenvalue weighted by Gasteiger charge is -2.07. The fraction of sp³-hybridized carbons (Fsp3) is 0.167. The zero-order valence-corrected chi connectivity index (χ0v) is 9.22. The molecule has 0 aliphatic rings. The molecule has 2 rings (SSSR count). The Hall–Kier alpha value is -2.01. The van der Waals surface area contributed by atoms with Crippen molar-refractivity contribution in [1.29, 1.82) is 0 Å². The van der Waals surface area contributed by atoms with E-state index in [9.17, 15) is 9.18 Å². The van der Waals surface area contributed by atoms with Gasteiger partial charge in [-0.3, -0.25) is 4.79 Å². The average molecular weight is 234 g/mol. The highest BCUT2D eigenvalue weighted by molar-refractivity contribution is 5.31. The minimum Gasteiger partial charge on any atom is -0.392 e. The molecule has 4 nitrogen and oxygen atoms in total. The number of aryl methyl sites for hydroxylation is 1. The van der Waals surface area contributed by atoms with Crippen molar-refractivity contribution in [2.45, 2.75) is 13.5 Å². The van der Waals surface area contributed by atoms with Gasteiger partial charge in [-0.15, -0.1) is 0 Å². The summed E-state index contributed by atoms with van der Waals surface area (Å²) in [5, 5.41) is 13.0. The Bertz CT molecular complexity index is 608. The van der Waals surface area contributed by atoms with Crippen molar-refractivity contribution in [3.05, 3.63) is 57.8 Å². The lowest BCUT2D eigenvalue weighted by Crippen LogP contribution is -2.22. The van der Waals surface area contributed by atoms with E-state index in [1.165, 1.54) is 24.3 Å². The van der Waals surface area contributed by atoms with E-state index in [1.54, 1.807) is 13.0 Å². The summed E-state index contributed by atoms with van der Waals surface area (Å²) >= 11 is 0. The molecule has 0 unspecified atom stereocenters. The first-order valence-corrected chi connectivity index (χ1v) is 5.08. The zero-order chi connectivity index (χ0) is 12.4. The third kappa shape index (κ3) is 2.24. The first-order valence-electron chi connectivity index (χ1n) is 5.08. The molecule has 0 aliphatic heterocycles. The molecule has 0 bridgehead atoms. The van der Waals surface area contributed by atoms with Gasteiger partial charge >= 0.3 is 0 Å². The van der Waals surface area contributed by atoms with Crippen LogP contribution in [0.15, 0.2) is 35.1 Å². The van der Waals surface area contributed by atoms with E-state index in [-0.39, 0.29) is 6.61 Å². The maximum absolute atomic E-state index is 13.0. The van der Waals surface area contributed by atoms with Crippen molar-refractivity contribution in [1.82, 2.24) is 9.78 Å². The van der Waals surface area contributed by atoms with Crippen LogP contribution in [0.25, 0.3) is 5.69 Å². The quantitative estimate of drug-likeness (QED) is 0.848. The van der Waals surface area contributed by atoms with E-state index < -0.39 is 11.4 Å². The van der Waals surface area contributed by atoms with Crippen molar-refractivity contribution in [2.24, 2.45) is 0 Å². The number of aromatic nitrogens is 2. The molecular weight excluding hydrogens is 223 g/mol. The van der Waals surface area contributed by atoms with E-state index in [1.807, 2.05) is 0 Å². The van der Waals surface area contributed by atoms with Gasteiger partial charge in [0.1, 0.15) is 5.82 Å². The van der Waals surface area contributed by atoms with Crippen LogP contribution in [-0.2, 0) is 6.61 Å². The van der Waals surface area contributed by atoms with Gasteiger partial charge in [0.05, 0.1) is 18.0 Å². The molecule has 0 aliphatic carbocycles. The largest absolute Gasteiger partial charge is 0.392 e. The number of halogens is 1. The van der Waals surface area contributed by atoms with Crippen LogP contribution in [-0.4, -0.2) is 14.9 Å². The highest BCUT2D eigenvalue weighted by Gasteiger charge is 2.06. The number of nitrogens with zero attached hydrogens (tertiary/aromatic N) is 2. The molecule has 1 N–H and O–H groups in total. The van der Waals surface area contributed by atoms with Crippen LogP contribution in [0.2, 0.25) is 0 Å². The molecule has 2 aromatic rings. The Labute approximate surface area is 97.0 Å². The fourth-order valence-corrected chi connectivity index (χ4v) is 1.53. The van der Waals surface area contributed by atoms with Crippen LogP contribution in [0.4, 0.5) is 4.39 Å². The van der Waals surface area contributed by atoms with Crippen molar-refractivity contribution >= 4 is 0 Å². The van der Waals surface area contributed by atoms with Gasteiger partial charge in [-0.25, -0.2) is 4.39 Å². The molecule has 88 valence electrons. The van der Waals surface area contributed by atoms with Gasteiger partial charge < -0.3 is 5.11 Å². The zero-order valence-electron chi connectivity index (χ0n) is 9.22. The number of aliphatic hydroxyl groups is 1. The van der Waals surface area contributed by atoms with Crippen LogP contribution in [0.1, 0.15) is 11.3 Å². The van der Waals surface area contributed by atoms with Gasteiger partial charge in [0.15, 0.2) is 0 Å². The number of hydrogen-bond donors (Lipinski definition) is 1. The Morgan fingerprint density at radius 2 is 2.18 bits per heavy atom. The molecule has 1 aromatic heterocycles. The van der Waals surface area contributed by atoms with Gasteiger partial charge in [-0.05, 0) is 25.1 Å². The number of hydrogen-bond acceptors (Lipinski definition) is 3. The van der Waals surface area contributed by atoms with Gasteiger partial charge in [-0.2, -0.15) is 9.78 Å². The van der Waals surface area contributed by atoms with Gasteiger partial charge in [-0.1, -0.05) is 6.07 Å². The molecule has 0 saturated heterocycles. The van der Waals surface area contributed by atoms with E-state index in [2.05, 4.69) is 5.10 Å². The fourth-order valence-electron chi connectivity index (χ4n) is 1.53. The first kappa shape index (κ1) is 11.5. The highest BCUT2D eigenvalue weighted by atomic mass is 19.1. The summed E-state index contributed by atoms with van der Waals surface area (Å²) in [5.74, 6) is -0.430. The van der Waals surface area contributed by atoms with E-state index in [0.717, 1.165) is 4.68 Å². The lowest BCUT2D eigenvalue weighted by atomic mass is 10.2. The Kier molecular flexibility index (Phi) is 3.01. The number of benzene rings is 1. The summed E-state index contributed by atoms with van der Waals surface area (Å²) in [6, 6.07) is 6.92. The monoisotopic (exact) mass is 234 g/mol. The molecule has 0 radical (unpaired) electrons. The molecule has 0 spiro atoms. The molecule has 0 fully saturated rings. The summed E-state index contributed by atoms with van der Waals surface area (Å²) in [6.07, 6.45) is 0. The second kappa shape index (κ2) is 4.47. The number of aliphatic hydroxyl groups excluding tert-OH is 1.